The first kappa shape index (κ1) is 15.5. The highest BCUT2D eigenvalue weighted by Crippen LogP contribution is 2.34. The predicted octanol–water partition coefficient (Wildman–Crippen LogP) is 0.0461. The van der Waals surface area contributed by atoms with Gasteiger partial charge in [0.1, 0.15) is 12.1 Å². The highest BCUT2D eigenvalue weighted by atomic mass is 32.1. The van der Waals surface area contributed by atoms with Crippen molar-refractivity contribution in [2.75, 3.05) is 6.54 Å². The van der Waals surface area contributed by atoms with Crippen molar-refractivity contribution < 1.29 is 24.3 Å². The molecule has 2 unspecified atom stereocenters. The number of carbonyl (C=O) groups is 4. The normalized spacial score (nSPS) is 20.5. The number of carbonyl (C=O) groups excluding carboxylic acids is 4. The monoisotopic (exact) mass is 355 g/mol. The smallest absolute Gasteiger partial charge is 0.262 e. The summed E-state index contributed by atoms with van der Waals surface area (Å²) in [5.41, 5.74) is 0.516. The van der Waals surface area contributed by atoms with Crippen molar-refractivity contribution in [2.24, 2.45) is 0 Å². The van der Waals surface area contributed by atoms with Gasteiger partial charge in [-0.05, 0) is 23.6 Å². The van der Waals surface area contributed by atoms with Crippen LogP contribution in [0.4, 0.5) is 0 Å². The van der Waals surface area contributed by atoms with E-state index < -0.39 is 35.8 Å². The topological polar surface area (TPSA) is 97.8 Å². The van der Waals surface area contributed by atoms with E-state index in [0.29, 0.717) is 4.88 Å². The number of nitrogens with zero attached hydrogens (tertiary/aromatic N) is 2. The van der Waals surface area contributed by atoms with Gasteiger partial charge in [-0.1, -0.05) is 18.2 Å². The summed E-state index contributed by atoms with van der Waals surface area (Å²) in [6, 6.07) is 7.46. The molecular weight excluding hydrogens is 344 g/mol. The van der Waals surface area contributed by atoms with E-state index in [9.17, 15) is 24.3 Å². The van der Waals surface area contributed by atoms with Gasteiger partial charge < -0.3 is 14.8 Å². The molecule has 3 heterocycles. The minimum absolute atomic E-state index is 0.0269. The second kappa shape index (κ2) is 5.52. The number of imide groups is 1. The Morgan fingerprint density at radius 1 is 1.08 bits per heavy atom. The van der Waals surface area contributed by atoms with Crippen LogP contribution in [0.5, 0.6) is 0 Å². The van der Waals surface area contributed by atoms with Crippen LogP contribution in [-0.4, -0.2) is 46.1 Å². The number of thiophene rings is 1. The average molecular weight is 355 g/mol. The number of amides is 3. The van der Waals surface area contributed by atoms with E-state index in [4.69, 9.17) is 0 Å². The number of carboxylic acid groups (broad SMARTS) is 1. The van der Waals surface area contributed by atoms with Gasteiger partial charge in [0.2, 0.25) is 5.91 Å². The second-order valence-electron chi connectivity index (χ2n) is 5.77. The van der Waals surface area contributed by atoms with E-state index in [1.807, 2.05) is 0 Å². The summed E-state index contributed by atoms with van der Waals surface area (Å²) in [4.78, 5) is 51.4. The molecule has 0 aliphatic carbocycles. The van der Waals surface area contributed by atoms with Gasteiger partial charge >= 0.3 is 0 Å². The number of benzene rings is 1. The molecule has 1 saturated heterocycles. The minimum Gasteiger partial charge on any atom is -0.547 e. The van der Waals surface area contributed by atoms with E-state index in [1.165, 1.54) is 23.5 Å². The van der Waals surface area contributed by atoms with Gasteiger partial charge in [-0.3, -0.25) is 19.3 Å². The van der Waals surface area contributed by atoms with Crippen molar-refractivity contribution in [1.29, 1.82) is 0 Å². The molecule has 4 rings (SSSR count). The second-order valence-corrected chi connectivity index (χ2v) is 6.75. The van der Waals surface area contributed by atoms with Crippen LogP contribution < -0.4 is 5.11 Å². The molecule has 8 heteroatoms. The largest absolute Gasteiger partial charge is 0.547 e. The van der Waals surface area contributed by atoms with Crippen LogP contribution in [0.3, 0.4) is 0 Å². The first-order valence-corrected chi connectivity index (χ1v) is 8.40. The van der Waals surface area contributed by atoms with Gasteiger partial charge in [0.05, 0.1) is 23.6 Å². The molecule has 2 aromatic rings. The Morgan fingerprint density at radius 2 is 1.72 bits per heavy atom. The highest BCUT2D eigenvalue weighted by Gasteiger charge is 2.51. The first-order chi connectivity index (χ1) is 12.0. The zero-order valence-corrected chi connectivity index (χ0v) is 13.6. The van der Waals surface area contributed by atoms with Crippen LogP contribution in [0.15, 0.2) is 41.8 Å². The number of aliphatic carboxylic acids is 1. The zero-order valence-electron chi connectivity index (χ0n) is 12.7. The van der Waals surface area contributed by atoms with Gasteiger partial charge in [0, 0.05) is 4.88 Å². The molecule has 0 N–H and O–H groups in total. The van der Waals surface area contributed by atoms with Crippen LogP contribution in [0, 0.1) is 0 Å². The molecule has 0 spiro atoms. The number of likely N-dealkylation sites (tertiary alicyclic amines) is 1. The summed E-state index contributed by atoms with van der Waals surface area (Å²) in [5.74, 6) is -3.02. The lowest BCUT2D eigenvalue weighted by molar-refractivity contribution is -0.312. The van der Waals surface area contributed by atoms with Gasteiger partial charge in [0.25, 0.3) is 11.8 Å². The van der Waals surface area contributed by atoms with E-state index in [2.05, 4.69) is 0 Å². The molecule has 1 fully saturated rings. The molecule has 0 bridgehead atoms. The van der Waals surface area contributed by atoms with Crippen LogP contribution in [0.2, 0.25) is 0 Å². The Labute approximate surface area is 146 Å². The average Bonchev–Trinajstić information content (AvgIpc) is 3.20. The van der Waals surface area contributed by atoms with Crippen molar-refractivity contribution in [3.8, 4) is 0 Å². The lowest BCUT2D eigenvalue weighted by atomic mass is 10.0. The molecule has 2 aliphatic rings. The summed E-state index contributed by atoms with van der Waals surface area (Å²) in [7, 11) is 0. The Kier molecular flexibility index (Phi) is 3.43. The van der Waals surface area contributed by atoms with Crippen LogP contribution >= 0.6 is 11.3 Å². The maximum atomic E-state index is 12.5. The van der Waals surface area contributed by atoms with Crippen molar-refractivity contribution in [1.82, 2.24) is 9.80 Å². The Bertz CT molecular complexity index is 873. The summed E-state index contributed by atoms with van der Waals surface area (Å²) in [6.07, 6.45) is 0. The van der Waals surface area contributed by atoms with Crippen molar-refractivity contribution >= 4 is 35.0 Å². The molecule has 2 atom stereocenters. The fourth-order valence-corrected chi connectivity index (χ4v) is 4.02. The number of fused-ring (bicyclic) bond motifs is 1. The maximum absolute atomic E-state index is 12.5. The lowest BCUT2D eigenvalue weighted by Gasteiger charge is -2.46. The zero-order chi connectivity index (χ0) is 17.7. The molecule has 126 valence electrons. The van der Waals surface area contributed by atoms with E-state index in [1.54, 1.807) is 29.6 Å². The quantitative estimate of drug-likeness (QED) is 0.570. The van der Waals surface area contributed by atoms with Crippen LogP contribution in [0.1, 0.15) is 31.6 Å². The van der Waals surface area contributed by atoms with Gasteiger partial charge in [0.15, 0.2) is 0 Å². The third-order valence-corrected chi connectivity index (χ3v) is 5.35. The number of hydrogen-bond donors (Lipinski definition) is 0. The summed E-state index contributed by atoms with van der Waals surface area (Å²) < 4.78 is 0. The predicted molar refractivity (Wildman–Crippen MR) is 84.5 cm³/mol. The van der Waals surface area contributed by atoms with Crippen LogP contribution in [-0.2, 0) is 9.59 Å². The fraction of sp³-hybridized carbons (Fsp3) is 0.176. The highest BCUT2D eigenvalue weighted by molar-refractivity contribution is 7.10. The third-order valence-electron chi connectivity index (χ3n) is 4.42. The minimum atomic E-state index is -1.39. The van der Waals surface area contributed by atoms with Gasteiger partial charge in [-0.2, -0.15) is 0 Å². The Hall–Kier alpha value is -3.00. The summed E-state index contributed by atoms with van der Waals surface area (Å²) in [5, 5.41) is 13.2. The third kappa shape index (κ3) is 2.18. The molecule has 2 aliphatic heterocycles. The lowest BCUT2D eigenvalue weighted by Crippen LogP contribution is -2.67. The number of rotatable bonds is 4. The molecular formula is C17H11N2O5S-. The SMILES string of the molecule is O=C([O-])C(c1cccs1)N1CC(N2C(=O)c3ccccc3C2=O)C1=O. The maximum Gasteiger partial charge on any atom is 0.262 e. The first-order valence-electron chi connectivity index (χ1n) is 7.52. The van der Waals surface area contributed by atoms with Crippen molar-refractivity contribution in [3.05, 3.63) is 57.8 Å². The number of β-lactam (4-membered cyclic amide) rings is 1. The molecule has 0 radical (unpaired) electrons. The van der Waals surface area contributed by atoms with Crippen molar-refractivity contribution in [3.63, 3.8) is 0 Å². The molecule has 7 nitrogen and oxygen atoms in total. The molecule has 1 aromatic carbocycles. The number of carboxylic acids is 1. The summed E-state index contributed by atoms with van der Waals surface area (Å²) >= 11 is 1.20. The van der Waals surface area contributed by atoms with Gasteiger partial charge in [-0.25, -0.2) is 0 Å². The molecule has 3 amide bonds. The molecule has 0 saturated carbocycles. The molecule has 1 aromatic heterocycles. The number of hydrogen-bond acceptors (Lipinski definition) is 6. The van der Waals surface area contributed by atoms with Gasteiger partial charge in [-0.15, -0.1) is 11.3 Å². The fourth-order valence-electron chi connectivity index (χ4n) is 3.19. The van der Waals surface area contributed by atoms with Crippen LogP contribution in [0.25, 0.3) is 0 Å². The summed E-state index contributed by atoms with van der Waals surface area (Å²) in [6.45, 7) is -0.0269. The van der Waals surface area contributed by atoms with Crippen molar-refractivity contribution in [2.45, 2.75) is 12.1 Å². The van der Waals surface area contributed by atoms with E-state index in [-0.39, 0.29) is 17.7 Å². The van der Waals surface area contributed by atoms with E-state index >= 15 is 0 Å². The molecule has 25 heavy (non-hydrogen) atoms. The Balaban J connectivity index is 1.58. The standard InChI is InChI=1S/C17H12N2O5S/c20-14-9-4-1-2-5-10(9)15(21)19(14)11-8-18(16(11)22)13(17(23)24)12-6-3-7-25-12/h1-7,11,13H,8H2,(H,23,24)/p-1. The van der Waals surface area contributed by atoms with E-state index in [0.717, 1.165) is 9.80 Å². The Morgan fingerprint density at radius 3 is 2.20 bits per heavy atom.